The first-order valence-electron chi connectivity index (χ1n) is 9.21. The third-order valence-electron chi connectivity index (χ3n) is 4.45. The quantitative estimate of drug-likeness (QED) is 0.370. The van der Waals surface area contributed by atoms with E-state index in [-0.39, 0.29) is 5.91 Å². The zero-order chi connectivity index (χ0) is 20.9. The number of amides is 1. The second-order valence-electron chi connectivity index (χ2n) is 6.47. The first kappa shape index (κ1) is 20.1. The molecule has 7 heteroatoms. The highest BCUT2D eigenvalue weighted by molar-refractivity contribution is 7.22. The molecular formula is C23H18ClN3O2S. The third kappa shape index (κ3) is 4.50. The van der Waals surface area contributed by atoms with Crippen LogP contribution < -0.4 is 9.64 Å². The predicted molar refractivity (Wildman–Crippen MR) is 122 cm³/mol. The molecule has 0 aliphatic carbocycles. The number of pyridine rings is 1. The number of benzene rings is 2. The van der Waals surface area contributed by atoms with Gasteiger partial charge >= 0.3 is 0 Å². The summed E-state index contributed by atoms with van der Waals surface area (Å²) in [7, 11) is 1.62. The lowest BCUT2D eigenvalue weighted by atomic mass is 10.2. The zero-order valence-corrected chi connectivity index (χ0v) is 17.7. The van der Waals surface area contributed by atoms with Crippen molar-refractivity contribution in [1.82, 2.24) is 9.97 Å². The van der Waals surface area contributed by atoms with E-state index in [0.717, 1.165) is 27.1 Å². The van der Waals surface area contributed by atoms with Crippen LogP contribution in [0.2, 0.25) is 5.02 Å². The van der Waals surface area contributed by atoms with E-state index in [1.165, 1.54) is 17.4 Å². The molecule has 150 valence electrons. The summed E-state index contributed by atoms with van der Waals surface area (Å²) in [5, 5.41) is 1.20. The highest BCUT2D eigenvalue weighted by atomic mass is 35.5. The van der Waals surface area contributed by atoms with E-state index in [4.69, 9.17) is 16.3 Å². The molecule has 30 heavy (non-hydrogen) atoms. The van der Waals surface area contributed by atoms with Crippen molar-refractivity contribution in [1.29, 1.82) is 0 Å². The number of carbonyl (C=O) groups excluding carboxylic acids is 1. The lowest BCUT2D eigenvalue weighted by Gasteiger charge is -2.18. The van der Waals surface area contributed by atoms with Crippen LogP contribution in [0.5, 0.6) is 5.75 Å². The van der Waals surface area contributed by atoms with Gasteiger partial charge in [-0.1, -0.05) is 47.2 Å². The third-order valence-corrected chi connectivity index (χ3v) is 5.86. The van der Waals surface area contributed by atoms with Crippen LogP contribution in [0.1, 0.15) is 11.1 Å². The van der Waals surface area contributed by atoms with E-state index < -0.39 is 0 Å². The predicted octanol–water partition coefficient (Wildman–Crippen LogP) is 5.60. The number of nitrogens with zero attached hydrogens (tertiary/aromatic N) is 3. The molecule has 0 aliphatic heterocycles. The minimum Gasteiger partial charge on any atom is -0.497 e. The molecule has 0 N–H and O–H groups in total. The van der Waals surface area contributed by atoms with Crippen molar-refractivity contribution in [3.63, 3.8) is 0 Å². The Morgan fingerprint density at radius 2 is 2.07 bits per heavy atom. The molecule has 2 aromatic carbocycles. The van der Waals surface area contributed by atoms with Crippen molar-refractivity contribution >= 4 is 50.3 Å². The molecule has 5 nitrogen and oxygen atoms in total. The highest BCUT2D eigenvalue weighted by Crippen LogP contribution is 2.32. The molecule has 0 saturated heterocycles. The fraction of sp³-hybridized carbons (Fsp3) is 0.0870. The number of methoxy groups -OCH3 is 1. The number of thiazole rings is 1. The Morgan fingerprint density at radius 1 is 1.20 bits per heavy atom. The van der Waals surface area contributed by atoms with Crippen LogP contribution in [0.3, 0.4) is 0 Å². The molecule has 0 aliphatic rings. The van der Waals surface area contributed by atoms with Gasteiger partial charge in [0.2, 0.25) is 0 Å². The van der Waals surface area contributed by atoms with Crippen molar-refractivity contribution < 1.29 is 9.53 Å². The number of anilines is 1. The Morgan fingerprint density at radius 3 is 2.83 bits per heavy atom. The van der Waals surface area contributed by atoms with Gasteiger partial charge < -0.3 is 4.74 Å². The maximum absolute atomic E-state index is 13.2. The average molecular weight is 436 g/mol. The molecule has 0 unspecified atom stereocenters. The number of fused-ring (bicyclic) bond motifs is 1. The molecule has 0 radical (unpaired) electrons. The topological polar surface area (TPSA) is 55.3 Å². The highest BCUT2D eigenvalue weighted by Gasteiger charge is 2.19. The summed E-state index contributed by atoms with van der Waals surface area (Å²) < 4.78 is 6.26. The lowest BCUT2D eigenvalue weighted by Crippen LogP contribution is -2.28. The average Bonchev–Trinajstić information content (AvgIpc) is 3.20. The number of hydrogen-bond acceptors (Lipinski definition) is 5. The maximum atomic E-state index is 13.2. The number of halogens is 1. The van der Waals surface area contributed by atoms with Gasteiger partial charge in [-0.05, 0) is 41.5 Å². The molecule has 0 atom stereocenters. The number of carbonyl (C=O) groups is 1. The zero-order valence-electron chi connectivity index (χ0n) is 16.2. The van der Waals surface area contributed by atoms with Crippen molar-refractivity contribution in [3.8, 4) is 5.75 Å². The van der Waals surface area contributed by atoms with Crippen LogP contribution in [0.4, 0.5) is 5.13 Å². The van der Waals surface area contributed by atoms with Crippen molar-refractivity contribution in [2.24, 2.45) is 0 Å². The normalized spacial score (nSPS) is 11.1. The SMILES string of the molecule is COc1ccc2sc(N(Cc3cccnc3)C(=O)/C=C/c3ccccc3Cl)nc2c1. The van der Waals surface area contributed by atoms with Crippen molar-refractivity contribution in [2.45, 2.75) is 6.54 Å². The smallest absolute Gasteiger partial charge is 0.253 e. The minimum absolute atomic E-state index is 0.190. The summed E-state index contributed by atoms with van der Waals surface area (Å²) in [6, 6.07) is 16.9. The van der Waals surface area contributed by atoms with Gasteiger partial charge in [0.15, 0.2) is 5.13 Å². The van der Waals surface area contributed by atoms with Gasteiger partial charge in [0.25, 0.3) is 5.91 Å². The largest absolute Gasteiger partial charge is 0.497 e. The van der Waals surface area contributed by atoms with E-state index in [9.17, 15) is 4.79 Å². The summed E-state index contributed by atoms with van der Waals surface area (Å²) in [5.74, 6) is 0.535. The first-order chi connectivity index (χ1) is 14.6. The number of ether oxygens (including phenoxy) is 1. The first-order valence-corrected chi connectivity index (χ1v) is 10.4. The van der Waals surface area contributed by atoms with Crippen LogP contribution in [0, 0.1) is 0 Å². The van der Waals surface area contributed by atoms with Crippen LogP contribution in [-0.4, -0.2) is 23.0 Å². The van der Waals surface area contributed by atoms with Gasteiger partial charge in [0.05, 0.1) is 23.9 Å². The van der Waals surface area contributed by atoms with Gasteiger partial charge in [-0.2, -0.15) is 0 Å². The van der Waals surface area contributed by atoms with Crippen molar-refractivity contribution in [3.05, 3.63) is 89.2 Å². The molecule has 0 spiro atoms. The maximum Gasteiger partial charge on any atom is 0.253 e. The second kappa shape index (κ2) is 9.07. The fourth-order valence-corrected chi connectivity index (χ4v) is 4.06. The van der Waals surface area contributed by atoms with Gasteiger partial charge in [-0.25, -0.2) is 4.98 Å². The molecule has 2 aromatic heterocycles. The number of rotatable bonds is 6. The van der Waals surface area contributed by atoms with E-state index >= 15 is 0 Å². The molecular weight excluding hydrogens is 418 g/mol. The lowest BCUT2D eigenvalue weighted by molar-refractivity contribution is -0.114. The Bertz CT molecular complexity index is 1210. The molecule has 4 rings (SSSR count). The van der Waals surface area contributed by atoms with Gasteiger partial charge in [0, 0.05) is 29.6 Å². The Balaban J connectivity index is 1.69. The molecule has 0 bridgehead atoms. The number of aromatic nitrogens is 2. The molecule has 4 aromatic rings. The van der Waals surface area contributed by atoms with Crippen LogP contribution in [0.15, 0.2) is 73.1 Å². The summed E-state index contributed by atoms with van der Waals surface area (Å²) in [4.78, 5) is 23.6. The van der Waals surface area contributed by atoms with E-state index in [1.54, 1.807) is 36.5 Å². The molecule has 0 saturated carbocycles. The summed E-state index contributed by atoms with van der Waals surface area (Å²) in [6.07, 6.45) is 6.69. The molecule has 2 heterocycles. The van der Waals surface area contributed by atoms with Gasteiger partial charge in [-0.15, -0.1) is 0 Å². The fourth-order valence-electron chi connectivity index (χ4n) is 2.91. The Labute approximate surface area is 183 Å². The van der Waals surface area contributed by atoms with Gasteiger partial charge in [0.1, 0.15) is 5.75 Å². The van der Waals surface area contributed by atoms with E-state index in [2.05, 4.69) is 9.97 Å². The number of hydrogen-bond donors (Lipinski definition) is 0. The van der Waals surface area contributed by atoms with Gasteiger partial charge in [-0.3, -0.25) is 14.7 Å². The van der Waals surface area contributed by atoms with Crippen LogP contribution in [-0.2, 0) is 11.3 Å². The molecule has 0 fully saturated rings. The Kier molecular flexibility index (Phi) is 6.07. The van der Waals surface area contributed by atoms with E-state index in [1.807, 2.05) is 48.5 Å². The van der Waals surface area contributed by atoms with E-state index in [0.29, 0.717) is 16.7 Å². The summed E-state index contributed by atoms with van der Waals surface area (Å²) in [5.41, 5.74) is 2.48. The summed E-state index contributed by atoms with van der Waals surface area (Å²) in [6.45, 7) is 0.358. The standard InChI is InChI=1S/C23H18ClN3O2S/c1-29-18-9-10-21-20(13-18)26-23(30-21)27(15-16-5-4-12-25-14-16)22(28)11-8-17-6-2-3-7-19(17)24/h2-14H,15H2,1H3/b11-8+. The van der Waals surface area contributed by atoms with Crippen LogP contribution >= 0.6 is 22.9 Å². The van der Waals surface area contributed by atoms with Crippen LogP contribution in [0.25, 0.3) is 16.3 Å². The summed E-state index contributed by atoms with van der Waals surface area (Å²) >= 11 is 7.66. The monoisotopic (exact) mass is 435 g/mol. The molecule has 1 amide bonds. The minimum atomic E-state index is -0.190. The van der Waals surface area contributed by atoms with Crippen molar-refractivity contribution in [2.75, 3.05) is 12.0 Å². The second-order valence-corrected chi connectivity index (χ2v) is 7.89. The Hall–Kier alpha value is -3.22.